The van der Waals surface area contributed by atoms with Crippen molar-refractivity contribution in [1.29, 1.82) is 0 Å². The SMILES string of the molecule is Cn1cc(C2=C(c3cn([C@H]4CC[C@@H](O[Si](C)(C)C(C)(C)C)C4)c4ccccc34)C(=O)NC2=O)c2ccccc21. The van der Waals surface area contributed by atoms with Crippen LogP contribution in [0.5, 0.6) is 0 Å². The molecule has 1 N–H and O–H groups in total. The van der Waals surface area contributed by atoms with E-state index in [1.807, 2.05) is 54.2 Å². The zero-order valence-electron chi connectivity index (χ0n) is 23.7. The molecule has 0 bridgehead atoms. The van der Waals surface area contributed by atoms with Gasteiger partial charge in [-0.25, -0.2) is 0 Å². The van der Waals surface area contributed by atoms with E-state index in [1.165, 1.54) is 0 Å². The van der Waals surface area contributed by atoms with E-state index in [0.29, 0.717) is 11.1 Å². The summed E-state index contributed by atoms with van der Waals surface area (Å²) in [5.74, 6) is -0.678. The number of aromatic nitrogens is 2. The van der Waals surface area contributed by atoms with Gasteiger partial charge in [0.25, 0.3) is 11.8 Å². The van der Waals surface area contributed by atoms with Gasteiger partial charge >= 0.3 is 0 Å². The molecule has 1 saturated carbocycles. The summed E-state index contributed by atoms with van der Waals surface area (Å²) in [4.78, 5) is 26.6. The van der Waals surface area contributed by atoms with Gasteiger partial charge in [-0.3, -0.25) is 14.9 Å². The number of fused-ring (bicyclic) bond motifs is 2. The van der Waals surface area contributed by atoms with Crippen molar-refractivity contribution < 1.29 is 14.0 Å². The maximum Gasteiger partial charge on any atom is 0.259 e. The van der Waals surface area contributed by atoms with Gasteiger partial charge in [0, 0.05) is 64.5 Å². The van der Waals surface area contributed by atoms with Gasteiger partial charge < -0.3 is 13.6 Å². The van der Waals surface area contributed by atoms with Gasteiger partial charge in [0.1, 0.15) is 0 Å². The normalized spacial score (nSPS) is 20.6. The van der Waals surface area contributed by atoms with Gasteiger partial charge in [-0.05, 0) is 49.5 Å². The number of hydrogen-bond donors (Lipinski definition) is 1. The highest BCUT2D eigenvalue weighted by atomic mass is 28.4. The first kappa shape index (κ1) is 25.8. The van der Waals surface area contributed by atoms with Crippen LogP contribution in [0.15, 0.2) is 60.9 Å². The minimum atomic E-state index is -1.86. The molecule has 202 valence electrons. The van der Waals surface area contributed by atoms with Gasteiger partial charge in [0.2, 0.25) is 0 Å². The Morgan fingerprint density at radius 1 is 0.846 bits per heavy atom. The molecule has 2 atom stereocenters. The first-order valence-corrected chi connectivity index (χ1v) is 16.8. The van der Waals surface area contributed by atoms with Crippen LogP contribution in [0.3, 0.4) is 0 Å². The topological polar surface area (TPSA) is 65.3 Å². The maximum absolute atomic E-state index is 13.4. The molecule has 7 heteroatoms. The predicted octanol–water partition coefficient (Wildman–Crippen LogP) is 6.82. The summed E-state index contributed by atoms with van der Waals surface area (Å²) in [7, 11) is 0.104. The van der Waals surface area contributed by atoms with Crippen molar-refractivity contribution >= 4 is 53.1 Å². The molecule has 0 spiro atoms. The summed E-state index contributed by atoms with van der Waals surface area (Å²) in [6, 6.07) is 16.5. The molecule has 6 nitrogen and oxygen atoms in total. The number of carbonyl (C=O) groups is 2. The lowest BCUT2D eigenvalue weighted by Crippen LogP contribution is -2.43. The monoisotopic (exact) mass is 539 g/mol. The van der Waals surface area contributed by atoms with Gasteiger partial charge in [0.05, 0.1) is 11.1 Å². The van der Waals surface area contributed by atoms with E-state index in [1.54, 1.807) is 0 Å². The molecule has 2 aliphatic rings. The number of hydrogen-bond acceptors (Lipinski definition) is 3. The van der Waals surface area contributed by atoms with E-state index < -0.39 is 8.32 Å². The summed E-state index contributed by atoms with van der Waals surface area (Å²) >= 11 is 0. The van der Waals surface area contributed by atoms with Crippen LogP contribution in [0.4, 0.5) is 0 Å². The van der Waals surface area contributed by atoms with Crippen LogP contribution >= 0.6 is 0 Å². The van der Waals surface area contributed by atoms with Gasteiger partial charge in [-0.15, -0.1) is 0 Å². The fourth-order valence-electron chi connectivity index (χ4n) is 6.09. The summed E-state index contributed by atoms with van der Waals surface area (Å²) < 4.78 is 11.1. The van der Waals surface area contributed by atoms with E-state index in [0.717, 1.165) is 52.2 Å². The van der Waals surface area contributed by atoms with E-state index in [9.17, 15) is 9.59 Å². The first-order chi connectivity index (χ1) is 18.5. The average molecular weight is 540 g/mol. The number of carbonyl (C=O) groups excluding carboxylic acids is 2. The fraction of sp³-hybridized carbons (Fsp3) is 0.375. The lowest BCUT2D eigenvalue weighted by molar-refractivity contribution is -0.122. The van der Waals surface area contributed by atoms with Crippen molar-refractivity contribution in [1.82, 2.24) is 14.5 Å². The van der Waals surface area contributed by atoms with Crippen LogP contribution in [0, 0.1) is 0 Å². The van der Waals surface area contributed by atoms with Crippen molar-refractivity contribution in [3.63, 3.8) is 0 Å². The maximum atomic E-state index is 13.4. The number of nitrogens with zero attached hydrogens (tertiary/aromatic N) is 2. The highest BCUT2D eigenvalue weighted by Crippen LogP contribution is 2.44. The third-order valence-electron chi connectivity index (χ3n) is 9.13. The van der Waals surface area contributed by atoms with Gasteiger partial charge in [-0.2, -0.15) is 0 Å². The summed E-state index contributed by atoms with van der Waals surface area (Å²) in [5.41, 5.74) is 4.61. The number of para-hydroxylation sites is 2. The Labute approximate surface area is 230 Å². The molecule has 2 aromatic carbocycles. The van der Waals surface area contributed by atoms with Crippen molar-refractivity contribution in [2.45, 2.75) is 70.3 Å². The first-order valence-electron chi connectivity index (χ1n) is 13.9. The molecule has 1 fully saturated rings. The van der Waals surface area contributed by atoms with Crippen LogP contribution in [0.1, 0.15) is 57.2 Å². The Kier molecular flexibility index (Phi) is 6.00. The largest absolute Gasteiger partial charge is 0.414 e. The molecule has 0 unspecified atom stereocenters. The Hall–Kier alpha value is -3.42. The van der Waals surface area contributed by atoms with Crippen LogP contribution in [0.25, 0.3) is 33.0 Å². The Bertz CT molecular complexity index is 1670. The molecule has 0 radical (unpaired) electrons. The predicted molar refractivity (Wildman–Crippen MR) is 160 cm³/mol. The Balaban J connectivity index is 1.45. The number of aryl methyl sites for hydroxylation is 1. The lowest BCUT2D eigenvalue weighted by Gasteiger charge is -2.38. The van der Waals surface area contributed by atoms with Crippen molar-refractivity contribution in [2.75, 3.05) is 0 Å². The fourth-order valence-corrected chi connectivity index (χ4v) is 7.49. The zero-order chi connectivity index (χ0) is 27.7. The summed E-state index contributed by atoms with van der Waals surface area (Å²) in [6.45, 7) is 11.5. The third kappa shape index (κ3) is 4.19. The highest BCUT2D eigenvalue weighted by Gasteiger charge is 2.41. The lowest BCUT2D eigenvalue weighted by atomic mass is 9.95. The number of benzene rings is 2. The van der Waals surface area contributed by atoms with E-state index in [2.05, 4.69) is 62.1 Å². The second-order valence-electron chi connectivity index (χ2n) is 12.6. The quantitative estimate of drug-likeness (QED) is 0.224. The number of imide groups is 1. The molecule has 0 saturated heterocycles. The van der Waals surface area contributed by atoms with Crippen LogP contribution in [-0.4, -0.2) is 35.4 Å². The minimum Gasteiger partial charge on any atom is -0.414 e. The van der Waals surface area contributed by atoms with Gasteiger partial charge in [0.15, 0.2) is 8.32 Å². The van der Waals surface area contributed by atoms with Gasteiger partial charge in [-0.1, -0.05) is 57.2 Å². The molecule has 3 heterocycles. The second-order valence-corrected chi connectivity index (χ2v) is 17.4. The minimum absolute atomic E-state index is 0.172. The molecule has 4 aromatic rings. The Morgan fingerprint density at radius 3 is 2.05 bits per heavy atom. The highest BCUT2D eigenvalue weighted by molar-refractivity contribution is 6.74. The van der Waals surface area contributed by atoms with Crippen LogP contribution in [0.2, 0.25) is 18.1 Å². The summed E-state index contributed by atoms with van der Waals surface area (Å²) in [6.07, 6.45) is 7.30. The smallest absolute Gasteiger partial charge is 0.259 e. The third-order valence-corrected chi connectivity index (χ3v) is 13.7. The molecule has 2 aromatic heterocycles. The zero-order valence-corrected chi connectivity index (χ0v) is 24.7. The summed E-state index contributed by atoms with van der Waals surface area (Å²) in [5, 5.41) is 4.71. The second kappa shape index (κ2) is 9.06. The molecule has 6 rings (SSSR count). The molecular weight excluding hydrogens is 502 g/mol. The number of amides is 2. The van der Waals surface area contributed by atoms with E-state index >= 15 is 0 Å². The van der Waals surface area contributed by atoms with Crippen LogP contribution < -0.4 is 5.32 Å². The molecule has 2 amide bonds. The molecule has 1 aliphatic heterocycles. The standard InChI is InChI=1S/C32H37N3O3Si/c1-32(2,3)39(5,6)38-21-16-15-20(17-21)35-19-25(23-12-8-10-14-27(23)35)29-28(30(36)33-31(29)37)24-18-34(4)26-13-9-7-11-22(24)26/h7-14,18-21H,15-17H2,1-6H3,(H,33,36,37)/t20-,21+/m0/s1. The molecule has 39 heavy (non-hydrogen) atoms. The van der Waals surface area contributed by atoms with Crippen molar-refractivity contribution in [2.24, 2.45) is 7.05 Å². The average Bonchev–Trinajstić information content (AvgIpc) is 3.62. The number of rotatable bonds is 5. The molecular formula is C32H37N3O3Si. The molecule has 1 aliphatic carbocycles. The Morgan fingerprint density at radius 2 is 1.41 bits per heavy atom. The van der Waals surface area contributed by atoms with Crippen molar-refractivity contribution in [3.05, 3.63) is 72.1 Å². The van der Waals surface area contributed by atoms with Crippen LogP contribution in [-0.2, 0) is 21.1 Å². The van der Waals surface area contributed by atoms with Crippen molar-refractivity contribution in [3.8, 4) is 0 Å². The number of nitrogens with one attached hydrogen (secondary N) is 1. The van der Waals surface area contributed by atoms with E-state index in [-0.39, 0.29) is 29.0 Å². The van der Waals surface area contributed by atoms with E-state index in [4.69, 9.17) is 4.43 Å².